The Morgan fingerprint density at radius 2 is 2.18 bits per heavy atom. The SMILES string of the molecule is Cc1nnc(-c2ccc(OCCNC(=O)/C=C/c3ccc(N)nc3)c(Cl)c2)o1. The summed E-state index contributed by atoms with van der Waals surface area (Å²) in [4.78, 5) is 15.8. The Morgan fingerprint density at radius 1 is 1.32 bits per heavy atom. The lowest BCUT2D eigenvalue weighted by atomic mass is 10.2. The summed E-state index contributed by atoms with van der Waals surface area (Å²) in [6.45, 7) is 2.30. The largest absolute Gasteiger partial charge is 0.490 e. The number of hydrogen-bond donors (Lipinski definition) is 2. The molecule has 0 saturated heterocycles. The van der Waals surface area contributed by atoms with Gasteiger partial charge in [-0.15, -0.1) is 10.2 Å². The second-order valence-corrected chi connectivity index (χ2v) is 6.17. The fourth-order valence-corrected chi connectivity index (χ4v) is 2.48. The van der Waals surface area contributed by atoms with Crippen molar-refractivity contribution in [3.05, 3.63) is 59.1 Å². The summed E-state index contributed by atoms with van der Waals surface area (Å²) in [6, 6.07) is 8.62. The highest BCUT2D eigenvalue weighted by Gasteiger charge is 2.09. The van der Waals surface area contributed by atoms with E-state index in [2.05, 4.69) is 20.5 Å². The van der Waals surface area contributed by atoms with E-state index in [9.17, 15) is 4.79 Å². The van der Waals surface area contributed by atoms with Crippen LogP contribution in [0.2, 0.25) is 5.02 Å². The van der Waals surface area contributed by atoms with Crippen LogP contribution in [0.15, 0.2) is 47.0 Å². The number of ether oxygens (including phenoxy) is 1. The Morgan fingerprint density at radius 3 is 2.86 bits per heavy atom. The number of halogens is 1. The molecule has 2 aromatic heterocycles. The maximum atomic E-state index is 11.8. The number of aryl methyl sites for hydroxylation is 1. The normalized spacial score (nSPS) is 10.9. The van der Waals surface area contributed by atoms with Crippen molar-refractivity contribution in [3.63, 3.8) is 0 Å². The molecule has 3 N–H and O–H groups in total. The number of nitrogens with zero attached hydrogens (tertiary/aromatic N) is 3. The molecule has 28 heavy (non-hydrogen) atoms. The standard InChI is InChI=1S/C19H18ClN5O3/c1-12-24-25-19(28-12)14-4-5-16(15(20)10-14)27-9-8-22-18(26)7-3-13-2-6-17(21)23-11-13/h2-7,10-11H,8-9H2,1H3,(H2,21,23)(H,22,26)/b7-3+. The minimum Gasteiger partial charge on any atom is -0.490 e. The maximum Gasteiger partial charge on any atom is 0.247 e. The molecule has 3 rings (SSSR count). The second kappa shape index (κ2) is 9.01. The highest BCUT2D eigenvalue weighted by atomic mass is 35.5. The topological polar surface area (TPSA) is 116 Å². The van der Waals surface area contributed by atoms with E-state index in [1.54, 1.807) is 49.5 Å². The van der Waals surface area contributed by atoms with Gasteiger partial charge in [-0.1, -0.05) is 11.6 Å². The molecule has 0 aliphatic rings. The fraction of sp³-hybridized carbons (Fsp3) is 0.158. The molecule has 1 aromatic carbocycles. The van der Waals surface area contributed by atoms with E-state index < -0.39 is 0 Å². The predicted octanol–water partition coefficient (Wildman–Crippen LogP) is 2.88. The third kappa shape index (κ3) is 5.31. The molecule has 0 atom stereocenters. The molecular weight excluding hydrogens is 382 g/mol. The molecule has 9 heteroatoms. The second-order valence-electron chi connectivity index (χ2n) is 5.76. The highest BCUT2D eigenvalue weighted by Crippen LogP contribution is 2.29. The minimum absolute atomic E-state index is 0.242. The van der Waals surface area contributed by atoms with Gasteiger partial charge in [0.25, 0.3) is 0 Å². The number of nitrogens with one attached hydrogen (secondary N) is 1. The summed E-state index contributed by atoms with van der Waals surface area (Å²) in [5.74, 6) is 1.55. The van der Waals surface area contributed by atoms with Crippen molar-refractivity contribution in [2.75, 3.05) is 18.9 Å². The lowest BCUT2D eigenvalue weighted by Gasteiger charge is -2.09. The zero-order valence-corrected chi connectivity index (χ0v) is 15.8. The molecule has 2 heterocycles. The summed E-state index contributed by atoms with van der Waals surface area (Å²) in [7, 11) is 0. The van der Waals surface area contributed by atoms with Gasteiger partial charge in [0.05, 0.1) is 11.6 Å². The molecule has 1 amide bonds. The van der Waals surface area contributed by atoms with Gasteiger partial charge >= 0.3 is 0 Å². The number of carbonyl (C=O) groups is 1. The van der Waals surface area contributed by atoms with Crippen LogP contribution in [0, 0.1) is 6.92 Å². The van der Waals surface area contributed by atoms with E-state index in [4.69, 9.17) is 26.5 Å². The van der Waals surface area contributed by atoms with Crippen molar-refractivity contribution in [2.45, 2.75) is 6.92 Å². The van der Waals surface area contributed by atoms with Crippen LogP contribution in [0.5, 0.6) is 5.75 Å². The van der Waals surface area contributed by atoms with Crippen molar-refractivity contribution in [1.29, 1.82) is 0 Å². The van der Waals surface area contributed by atoms with E-state index >= 15 is 0 Å². The molecule has 0 radical (unpaired) electrons. The van der Waals surface area contributed by atoms with Crippen molar-refractivity contribution in [3.8, 4) is 17.2 Å². The number of pyridine rings is 1. The molecule has 144 valence electrons. The van der Waals surface area contributed by atoms with Crippen LogP contribution in [-0.4, -0.2) is 34.2 Å². The van der Waals surface area contributed by atoms with E-state index in [0.717, 1.165) is 5.56 Å². The van der Waals surface area contributed by atoms with Crippen LogP contribution in [0.4, 0.5) is 5.82 Å². The van der Waals surface area contributed by atoms with Gasteiger partial charge in [0.15, 0.2) is 0 Å². The van der Waals surface area contributed by atoms with Crippen molar-refractivity contribution >= 4 is 29.4 Å². The number of hydrogen-bond acceptors (Lipinski definition) is 7. The monoisotopic (exact) mass is 399 g/mol. The lowest BCUT2D eigenvalue weighted by molar-refractivity contribution is -0.116. The fourth-order valence-electron chi connectivity index (χ4n) is 2.25. The molecule has 8 nitrogen and oxygen atoms in total. The number of anilines is 1. The molecule has 0 bridgehead atoms. The van der Waals surface area contributed by atoms with Gasteiger partial charge in [0, 0.05) is 24.8 Å². The molecule has 0 spiro atoms. The van der Waals surface area contributed by atoms with Gasteiger partial charge in [-0.05, 0) is 42.0 Å². The number of carbonyl (C=O) groups excluding carboxylic acids is 1. The predicted molar refractivity (Wildman–Crippen MR) is 106 cm³/mol. The summed E-state index contributed by atoms with van der Waals surface area (Å²) < 4.78 is 11.0. The summed E-state index contributed by atoms with van der Waals surface area (Å²) in [5.41, 5.74) is 7.00. The number of aromatic nitrogens is 3. The Hall–Kier alpha value is -3.39. The number of rotatable bonds is 7. The van der Waals surface area contributed by atoms with Gasteiger partial charge < -0.3 is 20.2 Å². The molecular formula is C19H18ClN5O3. The third-order valence-corrected chi connectivity index (χ3v) is 3.90. The van der Waals surface area contributed by atoms with Gasteiger partial charge in [-0.25, -0.2) is 4.98 Å². The first-order valence-electron chi connectivity index (χ1n) is 8.41. The number of nitrogen functional groups attached to an aromatic ring is 1. The third-order valence-electron chi connectivity index (χ3n) is 3.60. The summed E-state index contributed by atoms with van der Waals surface area (Å²) in [5, 5.41) is 10.9. The Kier molecular flexibility index (Phi) is 6.23. The van der Waals surface area contributed by atoms with Gasteiger partial charge in [0.1, 0.15) is 18.2 Å². The van der Waals surface area contributed by atoms with Gasteiger partial charge in [0.2, 0.25) is 17.7 Å². The molecule has 0 saturated carbocycles. The first-order chi connectivity index (χ1) is 13.5. The average molecular weight is 400 g/mol. The van der Waals surface area contributed by atoms with Crippen LogP contribution < -0.4 is 15.8 Å². The van der Waals surface area contributed by atoms with E-state index in [1.165, 1.54) is 6.08 Å². The Balaban J connectivity index is 1.45. The number of amides is 1. The molecule has 0 aliphatic carbocycles. The lowest BCUT2D eigenvalue weighted by Crippen LogP contribution is -2.26. The van der Waals surface area contributed by atoms with Crippen LogP contribution in [0.3, 0.4) is 0 Å². The van der Waals surface area contributed by atoms with Crippen LogP contribution >= 0.6 is 11.6 Å². The quantitative estimate of drug-likeness (QED) is 0.463. The van der Waals surface area contributed by atoms with E-state index in [-0.39, 0.29) is 12.5 Å². The van der Waals surface area contributed by atoms with Crippen molar-refractivity contribution in [2.24, 2.45) is 0 Å². The number of nitrogens with two attached hydrogens (primary N) is 1. The number of benzene rings is 1. The van der Waals surface area contributed by atoms with Crippen LogP contribution in [-0.2, 0) is 4.79 Å². The molecule has 0 aliphatic heterocycles. The zero-order chi connectivity index (χ0) is 19.9. The van der Waals surface area contributed by atoms with Gasteiger partial charge in [-0.3, -0.25) is 4.79 Å². The zero-order valence-electron chi connectivity index (χ0n) is 15.1. The van der Waals surface area contributed by atoms with E-state index in [1.807, 2.05) is 0 Å². The maximum absolute atomic E-state index is 11.8. The van der Waals surface area contributed by atoms with Crippen molar-refractivity contribution in [1.82, 2.24) is 20.5 Å². The van der Waals surface area contributed by atoms with Crippen molar-refractivity contribution < 1.29 is 13.9 Å². The molecule has 0 unspecified atom stereocenters. The Labute approximate surface area is 166 Å². The smallest absolute Gasteiger partial charge is 0.247 e. The van der Waals surface area contributed by atoms with Crippen LogP contribution in [0.1, 0.15) is 11.5 Å². The summed E-state index contributed by atoms with van der Waals surface area (Å²) in [6.07, 6.45) is 4.66. The minimum atomic E-state index is -0.242. The molecule has 0 fully saturated rings. The molecule has 3 aromatic rings. The summed E-state index contributed by atoms with van der Waals surface area (Å²) >= 11 is 6.23. The highest BCUT2D eigenvalue weighted by molar-refractivity contribution is 6.32. The average Bonchev–Trinajstić information content (AvgIpc) is 3.12. The first-order valence-corrected chi connectivity index (χ1v) is 8.79. The van der Waals surface area contributed by atoms with Gasteiger partial charge in [-0.2, -0.15) is 0 Å². The van der Waals surface area contributed by atoms with Crippen LogP contribution in [0.25, 0.3) is 17.5 Å². The first kappa shape index (κ1) is 19.4. The Bertz CT molecular complexity index is 985. The van der Waals surface area contributed by atoms with E-state index in [0.29, 0.717) is 40.5 Å².